The summed E-state index contributed by atoms with van der Waals surface area (Å²) in [5, 5.41) is 25.0. The van der Waals surface area contributed by atoms with Crippen molar-refractivity contribution >= 4 is 46.6 Å². The van der Waals surface area contributed by atoms with E-state index in [1.54, 1.807) is 49.4 Å². The molecule has 2 aromatic carbocycles. The van der Waals surface area contributed by atoms with Crippen LogP contribution in [0.5, 0.6) is 0 Å². The molecular weight excluding hydrogens is 429 g/mol. The zero-order valence-corrected chi connectivity index (χ0v) is 17.2. The van der Waals surface area contributed by atoms with E-state index in [1.807, 2.05) is 5.32 Å². The second kappa shape index (κ2) is 10.8. The first kappa shape index (κ1) is 22.7. The molecule has 8 nitrogen and oxygen atoms in total. The van der Waals surface area contributed by atoms with E-state index in [9.17, 15) is 14.9 Å². The predicted octanol–water partition coefficient (Wildman–Crippen LogP) is 4.21. The molecule has 0 radical (unpaired) electrons. The molecular formula is C20H15Cl2N5O3. The van der Waals surface area contributed by atoms with Crippen LogP contribution in [0.2, 0.25) is 10.0 Å². The Labute approximate surface area is 182 Å². The molecule has 2 N–H and O–H groups in total. The summed E-state index contributed by atoms with van der Waals surface area (Å²) in [6.45, 7) is 1.64. The Bertz CT molecular complexity index is 1060. The average molecular weight is 444 g/mol. The molecule has 0 saturated carbocycles. The van der Waals surface area contributed by atoms with Crippen molar-refractivity contribution in [2.75, 3.05) is 12.0 Å². The number of nitriles is 2. The van der Waals surface area contributed by atoms with Gasteiger partial charge < -0.3 is 4.74 Å². The molecule has 2 amide bonds. The van der Waals surface area contributed by atoms with E-state index in [0.29, 0.717) is 16.3 Å². The molecule has 0 heterocycles. The summed E-state index contributed by atoms with van der Waals surface area (Å²) in [4.78, 5) is 23.1. The van der Waals surface area contributed by atoms with Gasteiger partial charge in [0.05, 0.1) is 24.3 Å². The zero-order chi connectivity index (χ0) is 22.1. The first-order chi connectivity index (χ1) is 14.4. The minimum atomic E-state index is -1.02. The minimum absolute atomic E-state index is 0.0704. The second-order valence-electron chi connectivity index (χ2n) is 5.71. The van der Waals surface area contributed by atoms with Crippen LogP contribution in [-0.2, 0) is 9.53 Å². The molecule has 0 aliphatic rings. The molecule has 1 atom stereocenters. The summed E-state index contributed by atoms with van der Waals surface area (Å²) in [5.41, 5.74) is 3.60. The van der Waals surface area contributed by atoms with Crippen molar-refractivity contribution < 1.29 is 14.3 Å². The number of nitrogens with zero attached hydrogens (tertiary/aromatic N) is 3. The SMILES string of the molecule is CCOC(=O)NC(=O)C(C#N)=NNc1ccc(C(C#N)c2ccc(Cl)cc2)c(Cl)c1. The van der Waals surface area contributed by atoms with Crippen LogP contribution < -0.4 is 10.7 Å². The number of hydrogen-bond acceptors (Lipinski definition) is 7. The van der Waals surface area contributed by atoms with Crippen LogP contribution in [0, 0.1) is 22.7 Å². The smallest absolute Gasteiger partial charge is 0.414 e. The number of carbonyl (C=O) groups is 2. The third-order valence-electron chi connectivity index (χ3n) is 3.75. The van der Waals surface area contributed by atoms with E-state index < -0.39 is 23.6 Å². The van der Waals surface area contributed by atoms with Gasteiger partial charge in [0.15, 0.2) is 0 Å². The lowest BCUT2D eigenvalue weighted by molar-refractivity contribution is -0.114. The number of hydrazone groups is 1. The van der Waals surface area contributed by atoms with Crippen LogP contribution in [0.25, 0.3) is 0 Å². The van der Waals surface area contributed by atoms with Gasteiger partial charge in [-0.05, 0) is 42.3 Å². The maximum absolute atomic E-state index is 11.8. The van der Waals surface area contributed by atoms with Crippen LogP contribution in [0.1, 0.15) is 24.0 Å². The maximum atomic E-state index is 11.8. The molecule has 2 rings (SSSR count). The first-order valence-corrected chi connectivity index (χ1v) is 9.31. The monoisotopic (exact) mass is 443 g/mol. The zero-order valence-electron chi connectivity index (χ0n) is 15.6. The Morgan fingerprint density at radius 2 is 1.87 bits per heavy atom. The van der Waals surface area contributed by atoms with E-state index in [2.05, 4.69) is 21.3 Å². The topological polar surface area (TPSA) is 127 Å². The van der Waals surface area contributed by atoms with Crippen LogP contribution in [-0.4, -0.2) is 24.3 Å². The predicted molar refractivity (Wildman–Crippen MR) is 112 cm³/mol. The summed E-state index contributed by atoms with van der Waals surface area (Å²) in [5.74, 6) is -1.63. The minimum Gasteiger partial charge on any atom is -0.450 e. The number of amides is 2. The van der Waals surface area contributed by atoms with Gasteiger partial charge in [0, 0.05) is 10.0 Å². The highest BCUT2D eigenvalue weighted by molar-refractivity contribution is 6.46. The Balaban J connectivity index is 2.18. The van der Waals surface area contributed by atoms with E-state index >= 15 is 0 Å². The third-order valence-corrected chi connectivity index (χ3v) is 4.33. The van der Waals surface area contributed by atoms with Crippen molar-refractivity contribution in [2.24, 2.45) is 5.10 Å². The van der Waals surface area contributed by atoms with Crippen molar-refractivity contribution in [3.63, 3.8) is 0 Å². The standard InChI is InChI=1S/C20H15Cl2N5O3/c1-2-30-20(29)25-19(28)18(11-24)27-26-14-7-8-15(17(22)9-14)16(10-23)12-3-5-13(21)6-4-12/h3-9,16,26H,2H2,1H3,(H,25,28,29). The highest BCUT2D eigenvalue weighted by Gasteiger charge is 2.18. The number of carbonyl (C=O) groups excluding carboxylic acids is 2. The van der Waals surface area contributed by atoms with Crippen LogP contribution >= 0.6 is 23.2 Å². The van der Waals surface area contributed by atoms with Gasteiger partial charge in [0.1, 0.15) is 6.07 Å². The van der Waals surface area contributed by atoms with Gasteiger partial charge in [-0.2, -0.15) is 15.6 Å². The molecule has 0 fully saturated rings. The van der Waals surface area contributed by atoms with E-state index in [0.717, 1.165) is 5.56 Å². The van der Waals surface area contributed by atoms with Crippen LogP contribution in [0.3, 0.4) is 0 Å². The number of alkyl carbamates (subject to hydrolysis) is 1. The number of rotatable bonds is 6. The lowest BCUT2D eigenvalue weighted by Crippen LogP contribution is -2.36. The summed E-state index contributed by atoms with van der Waals surface area (Å²) in [6, 6.07) is 15.4. The third kappa shape index (κ3) is 5.95. The molecule has 1 unspecified atom stereocenters. The van der Waals surface area contributed by atoms with Crippen molar-refractivity contribution in [3.05, 3.63) is 63.6 Å². The van der Waals surface area contributed by atoms with Gasteiger partial charge in [-0.15, -0.1) is 0 Å². The van der Waals surface area contributed by atoms with Gasteiger partial charge in [-0.25, -0.2) is 4.79 Å². The Morgan fingerprint density at radius 1 is 1.17 bits per heavy atom. The normalized spacial score (nSPS) is 11.6. The molecule has 0 aliphatic heterocycles. The number of benzene rings is 2. The second-order valence-corrected chi connectivity index (χ2v) is 6.55. The van der Waals surface area contributed by atoms with Crippen molar-refractivity contribution in [3.8, 4) is 12.1 Å². The summed E-state index contributed by atoms with van der Waals surface area (Å²) >= 11 is 12.2. The fourth-order valence-electron chi connectivity index (χ4n) is 2.38. The summed E-state index contributed by atoms with van der Waals surface area (Å²) in [6.07, 6.45) is -0.984. The molecule has 30 heavy (non-hydrogen) atoms. The first-order valence-electron chi connectivity index (χ1n) is 8.56. The highest BCUT2D eigenvalue weighted by Crippen LogP contribution is 2.32. The van der Waals surface area contributed by atoms with Crippen LogP contribution in [0.15, 0.2) is 47.6 Å². The molecule has 0 saturated heterocycles. The van der Waals surface area contributed by atoms with Crippen molar-refractivity contribution in [2.45, 2.75) is 12.8 Å². The lowest BCUT2D eigenvalue weighted by atomic mass is 9.92. The highest BCUT2D eigenvalue weighted by atomic mass is 35.5. The number of ether oxygens (including phenoxy) is 1. The van der Waals surface area contributed by atoms with Crippen molar-refractivity contribution in [1.82, 2.24) is 5.32 Å². The number of halogens is 2. The molecule has 0 bridgehead atoms. The van der Waals surface area contributed by atoms with Crippen molar-refractivity contribution in [1.29, 1.82) is 10.5 Å². The van der Waals surface area contributed by atoms with E-state index in [-0.39, 0.29) is 11.6 Å². The van der Waals surface area contributed by atoms with Crippen LogP contribution in [0.4, 0.5) is 10.5 Å². The number of anilines is 1. The van der Waals surface area contributed by atoms with Gasteiger partial charge in [0.25, 0.3) is 5.91 Å². The van der Waals surface area contributed by atoms with Gasteiger partial charge in [-0.1, -0.05) is 41.4 Å². The molecule has 0 spiro atoms. The number of hydrogen-bond donors (Lipinski definition) is 2. The largest absolute Gasteiger partial charge is 0.450 e. The van der Waals surface area contributed by atoms with Gasteiger partial charge in [-0.3, -0.25) is 15.5 Å². The van der Waals surface area contributed by atoms with Gasteiger partial charge in [0.2, 0.25) is 5.71 Å². The van der Waals surface area contributed by atoms with E-state index in [4.69, 9.17) is 28.5 Å². The number of nitrogens with one attached hydrogen (secondary N) is 2. The van der Waals surface area contributed by atoms with E-state index in [1.165, 1.54) is 6.07 Å². The fourth-order valence-corrected chi connectivity index (χ4v) is 2.79. The molecule has 0 aliphatic carbocycles. The molecule has 0 aromatic heterocycles. The maximum Gasteiger partial charge on any atom is 0.414 e. The molecule has 10 heteroatoms. The average Bonchev–Trinajstić information content (AvgIpc) is 2.71. The molecule has 2 aromatic rings. The summed E-state index contributed by atoms with van der Waals surface area (Å²) in [7, 11) is 0. The summed E-state index contributed by atoms with van der Waals surface area (Å²) < 4.78 is 4.57. The number of imide groups is 1. The Hall–Kier alpha value is -3.59. The lowest BCUT2D eigenvalue weighted by Gasteiger charge is -2.13. The Kier molecular flexibility index (Phi) is 8.18. The fraction of sp³-hybridized carbons (Fsp3) is 0.150. The Morgan fingerprint density at radius 3 is 2.43 bits per heavy atom. The quantitative estimate of drug-likeness (QED) is 0.508. The molecule has 152 valence electrons. The van der Waals surface area contributed by atoms with Gasteiger partial charge >= 0.3 is 6.09 Å².